The minimum Gasteiger partial charge on any atom is -0.461 e. The van der Waals surface area contributed by atoms with Crippen LogP contribution in [0.2, 0.25) is 0 Å². The molecular formula is C36H22O4S4. The van der Waals surface area contributed by atoms with E-state index in [4.69, 9.17) is 8.83 Å². The van der Waals surface area contributed by atoms with E-state index in [1.165, 1.54) is 23.5 Å². The third-order valence-electron chi connectivity index (χ3n) is 7.50. The average molecular weight is 647 g/mol. The summed E-state index contributed by atoms with van der Waals surface area (Å²) in [6, 6.07) is 28.1. The predicted molar refractivity (Wildman–Crippen MR) is 183 cm³/mol. The molecule has 6 heterocycles. The van der Waals surface area contributed by atoms with E-state index >= 15 is 0 Å². The van der Waals surface area contributed by atoms with Crippen LogP contribution in [-0.2, 0) is 9.59 Å². The number of hydrogen-bond donors (Lipinski definition) is 0. The highest BCUT2D eigenvalue weighted by Gasteiger charge is 2.36. The van der Waals surface area contributed by atoms with Crippen LogP contribution in [0, 0.1) is 13.8 Å². The second kappa shape index (κ2) is 10.8. The molecule has 0 saturated heterocycles. The number of fused-ring (bicyclic) bond motifs is 2. The number of aryl methyl sites for hydroxylation is 2. The van der Waals surface area contributed by atoms with Crippen molar-refractivity contribution in [3.05, 3.63) is 117 Å². The van der Waals surface area contributed by atoms with Gasteiger partial charge < -0.3 is 8.83 Å². The molecule has 214 valence electrons. The third kappa shape index (κ3) is 4.88. The van der Waals surface area contributed by atoms with Crippen molar-refractivity contribution in [2.75, 3.05) is 0 Å². The number of furan rings is 2. The van der Waals surface area contributed by atoms with Crippen molar-refractivity contribution in [2.24, 2.45) is 0 Å². The number of thioether (sulfide) groups is 2. The molecule has 44 heavy (non-hydrogen) atoms. The van der Waals surface area contributed by atoms with Crippen LogP contribution in [0.25, 0.3) is 55.9 Å². The van der Waals surface area contributed by atoms with Gasteiger partial charge in [-0.15, -0.1) is 22.7 Å². The molecule has 4 aromatic heterocycles. The Balaban J connectivity index is 1.03. The SMILES string of the molecule is Cc1ccc2c(c1)SC(=O)/C2=C1/C(=O)Sc2cc(-c3ccc(-c4ccc(/C=C/c5ccc(-c6ccc(C)o6)s5)s4)o3)ccc21. The Morgan fingerprint density at radius 1 is 0.568 bits per heavy atom. The maximum absolute atomic E-state index is 13.2. The highest BCUT2D eigenvalue weighted by Crippen LogP contribution is 2.51. The number of rotatable bonds is 5. The molecule has 0 radical (unpaired) electrons. The van der Waals surface area contributed by atoms with Crippen LogP contribution in [0.3, 0.4) is 0 Å². The molecule has 2 aliphatic rings. The van der Waals surface area contributed by atoms with Crippen LogP contribution in [0.5, 0.6) is 0 Å². The standard InChI is InChI=1S/C36H22O4S4/c1-19-3-10-24-31(17-19)43-35(37)33(24)34-25-11-5-21(18-32(25)44-36(34)38)26-13-14-28(40-26)30-16-9-23(42-30)7-6-22-8-15-29(41-22)27-12-4-20(2)39-27/h3-18H,1-2H3/b7-6+,34-33+. The number of carbonyl (C=O) groups excluding carboxylic acids is 2. The van der Waals surface area contributed by atoms with Crippen LogP contribution >= 0.6 is 46.2 Å². The average Bonchev–Trinajstić information content (AvgIpc) is 3.84. The maximum atomic E-state index is 13.2. The van der Waals surface area contributed by atoms with Gasteiger partial charge in [0.25, 0.3) is 0 Å². The van der Waals surface area contributed by atoms with Gasteiger partial charge in [-0.1, -0.05) is 24.3 Å². The van der Waals surface area contributed by atoms with E-state index in [1.54, 1.807) is 22.7 Å². The summed E-state index contributed by atoms with van der Waals surface area (Å²) in [7, 11) is 0. The Hall–Kier alpha value is -4.08. The zero-order chi connectivity index (χ0) is 29.9. The Morgan fingerprint density at radius 2 is 1.14 bits per heavy atom. The lowest BCUT2D eigenvalue weighted by molar-refractivity contribution is -0.107. The first-order valence-corrected chi connectivity index (χ1v) is 17.2. The van der Waals surface area contributed by atoms with E-state index in [2.05, 4.69) is 36.4 Å². The largest absolute Gasteiger partial charge is 0.461 e. The lowest BCUT2D eigenvalue weighted by Gasteiger charge is -2.06. The predicted octanol–water partition coefficient (Wildman–Crippen LogP) is 11.0. The summed E-state index contributed by atoms with van der Waals surface area (Å²) in [4.78, 5) is 32.4. The monoisotopic (exact) mass is 646 g/mol. The first kappa shape index (κ1) is 27.5. The summed E-state index contributed by atoms with van der Waals surface area (Å²) in [5.74, 6) is 3.33. The van der Waals surface area contributed by atoms with Crippen molar-refractivity contribution in [3.8, 4) is 32.6 Å². The lowest BCUT2D eigenvalue weighted by atomic mass is 9.95. The third-order valence-corrected chi connectivity index (χ3v) is 11.5. The van der Waals surface area contributed by atoms with E-state index in [0.29, 0.717) is 11.1 Å². The van der Waals surface area contributed by atoms with Crippen LogP contribution in [0.15, 0.2) is 104 Å². The second-order valence-electron chi connectivity index (χ2n) is 10.6. The zero-order valence-electron chi connectivity index (χ0n) is 23.5. The number of hydrogen-bond acceptors (Lipinski definition) is 8. The van der Waals surface area contributed by atoms with Crippen molar-refractivity contribution < 1.29 is 18.4 Å². The molecule has 8 rings (SSSR count). The van der Waals surface area contributed by atoms with Gasteiger partial charge in [0.1, 0.15) is 23.0 Å². The molecule has 0 atom stereocenters. The van der Waals surface area contributed by atoms with Crippen molar-refractivity contribution >= 4 is 79.7 Å². The number of benzene rings is 2. The second-order valence-corrected chi connectivity index (χ2v) is 14.8. The Morgan fingerprint density at radius 3 is 1.77 bits per heavy atom. The molecular weight excluding hydrogens is 625 g/mol. The zero-order valence-corrected chi connectivity index (χ0v) is 26.8. The summed E-state index contributed by atoms with van der Waals surface area (Å²) in [5, 5.41) is -0.167. The van der Waals surface area contributed by atoms with Gasteiger partial charge in [0.15, 0.2) is 0 Å². The van der Waals surface area contributed by atoms with Crippen molar-refractivity contribution in [2.45, 2.75) is 23.6 Å². The minimum atomic E-state index is -0.0938. The molecule has 0 spiro atoms. The molecule has 2 aliphatic heterocycles. The topological polar surface area (TPSA) is 60.4 Å². The van der Waals surface area contributed by atoms with Gasteiger partial charge in [-0.05, 0) is 116 Å². The Kier molecular flexibility index (Phi) is 6.75. The molecule has 4 nitrogen and oxygen atoms in total. The molecule has 0 N–H and O–H groups in total. The van der Waals surface area contributed by atoms with Crippen molar-refractivity contribution in [1.82, 2.24) is 0 Å². The molecule has 0 bridgehead atoms. The van der Waals surface area contributed by atoms with Gasteiger partial charge in [-0.3, -0.25) is 9.59 Å². The van der Waals surface area contributed by atoms with Crippen LogP contribution in [-0.4, -0.2) is 10.2 Å². The quantitative estimate of drug-likeness (QED) is 0.174. The molecule has 8 heteroatoms. The fourth-order valence-electron chi connectivity index (χ4n) is 5.39. The van der Waals surface area contributed by atoms with E-state index in [0.717, 1.165) is 74.6 Å². The fraction of sp³-hybridized carbons (Fsp3) is 0.0556. The summed E-state index contributed by atoms with van der Waals surface area (Å²) in [6.07, 6.45) is 4.24. The summed E-state index contributed by atoms with van der Waals surface area (Å²) >= 11 is 5.74. The summed E-state index contributed by atoms with van der Waals surface area (Å²) < 4.78 is 12.0. The lowest BCUT2D eigenvalue weighted by Crippen LogP contribution is -1.99. The van der Waals surface area contributed by atoms with E-state index in [-0.39, 0.29) is 10.2 Å². The molecule has 6 aromatic rings. The van der Waals surface area contributed by atoms with Gasteiger partial charge in [-0.2, -0.15) is 0 Å². The highest BCUT2D eigenvalue weighted by molar-refractivity contribution is 8.16. The van der Waals surface area contributed by atoms with E-state index < -0.39 is 0 Å². The van der Waals surface area contributed by atoms with Gasteiger partial charge in [0, 0.05) is 47.4 Å². The fourth-order valence-corrected chi connectivity index (χ4v) is 9.15. The highest BCUT2D eigenvalue weighted by atomic mass is 32.2. The van der Waals surface area contributed by atoms with E-state index in [1.807, 2.05) is 74.5 Å². The molecule has 0 unspecified atom stereocenters. The maximum Gasteiger partial charge on any atom is 0.225 e. The van der Waals surface area contributed by atoms with Crippen molar-refractivity contribution in [3.63, 3.8) is 0 Å². The Bertz CT molecular complexity index is 2200. The molecule has 0 fully saturated rings. The van der Waals surface area contributed by atoms with Crippen molar-refractivity contribution in [1.29, 1.82) is 0 Å². The molecule has 0 saturated carbocycles. The molecule has 0 amide bonds. The molecule has 2 aromatic carbocycles. The van der Waals surface area contributed by atoms with Gasteiger partial charge in [-0.25, -0.2) is 0 Å². The smallest absolute Gasteiger partial charge is 0.225 e. The molecule has 0 aliphatic carbocycles. The van der Waals surface area contributed by atoms with Crippen LogP contribution in [0.1, 0.15) is 32.2 Å². The van der Waals surface area contributed by atoms with Crippen LogP contribution in [0.4, 0.5) is 0 Å². The Labute approximate surface area is 270 Å². The van der Waals surface area contributed by atoms with Gasteiger partial charge >= 0.3 is 0 Å². The first-order valence-electron chi connectivity index (χ1n) is 13.9. The minimum absolute atomic E-state index is 0.0728. The summed E-state index contributed by atoms with van der Waals surface area (Å²) in [5.41, 5.74) is 4.65. The van der Waals surface area contributed by atoms with Gasteiger partial charge in [0.2, 0.25) is 10.2 Å². The normalized spacial score (nSPS) is 16.0. The van der Waals surface area contributed by atoms with E-state index in [9.17, 15) is 9.59 Å². The number of thiophene rings is 2. The van der Waals surface area contributed by atoms with Gasteiger partial charge in [0.05, 0.1) is 9.75 Å². The first-order chi connectivity index (χ1) is 21.4. The van der Waals surface area contributed by atoms with Crippen LogP contribution < -0.4 is 0 Å². The number of carbonyl (C=O) groups is 2. The summed E-state index contributed by atoms with van der Waals surface area (Å²) in [6.45, 7) is 3.96.